The minimum Gasteiger partial charge on any atom is -0.481 e. The summed E-state index contributed by atoms with van der Waals surface area (Å²) >= 11 is 6.18. The van der Waals surface area contributed by atoms with Gasteiger partial charge in [0.15, 0.2) is 6.29 Å². The van der Waals surface area contributed by atoms with Crippen molar-refractivity contribution in [3.05, 3.63) is 46.1 Å². The number of hydrogen-bond donors (Lipinski definition) is 1. The smallest absolute Gasteiger partial charge is 0.336 e. The van der Waals surface area contributed by atoms with Gasteiger partial charge in [-0.15, -0.1) is 0 Å². The molecule has 1 aliphatic rings. The van der Waals surface area contributed by atoms with E-state index in [1.807, 2.05) is 0 Å². The summed E-state index contributed by atoms with van der Waals surface area (Å²) in [5, 5.41) is 9.87. The zero-order chi connectivity index (χ0) is 17.1. The number of hydrogen-bond acceptors (Lipinski definition) is 5. The third-order valence-electron chi connectivity index (χ3n) is 3.69. The van der Waals surface area contributed by atoms with Crippen LogP contribution in [0.15, 0.2) is 40.5 Å². The molecule has 1 heterocycles. The van der Waals surface area contributed by atoms with Gasteiger partial charge in [0, 0.05) is 16.7 Å². The van der Waals surface area contributed by atoms with Crippen molar-refractivity contribution in [1.82, 2.24) is 0 Å². The van der Waals surface area contributed by atoms with Crippen LogP contribution in [0, 0.1) is 5.92 Å². The molecule has 2 atom stereocenters. The minimum atomic E-state index is -1.16. The fourth-order valence-corrected chi connectivity index (χ4v) is 2.96. The van der Waals surface area contributed by atoms with Crippen LogP contribution in [0.5, 0.6) is 0 Å². The molecule has 7 heteroatoms. The van der Waals surface area contributed by atoms with Crippen molar-refractivity contribution in [1.29, 1.82) is 0 Å². The normalized spacial score (nSPS) is 20.7. The van der Waals surface area contributed by atoms with E-state index >= 15 is 0 Å². The molecule has 0 fully saturated rings. The quantitative estimate of drug-likeness (QED) is 0.672. The molecule has 1 aromatic rings. The number of methoxy groups -OCH3 is 1. The van der Waals surface area contributed by atoms with Crippen molar-refractivity contribution < 1.29 is 24.2 Å². The Morgan fingerprint density at radius 2 is 2.00 bits per heavy atom. The summed E-state index contributed by atoms with van der Waals surface area (Å²) in [5.74, 6) is -4.04. The van der Waals surface area contributed by atoms with Gasteiger partial charge in [-0.05, 0) is 18.6 Å². The molecule has 0 amide bonds. The van der Waals surface area contributed by atoms with Crippen LogP contribution in [0.3, 0.4) is 0 Å². The Morgan fingerprint density at radius 1 is 1.35 bits per heavy atom. The Hall–Kier alpha value is -2.47. The van der Waals surface area contributed by atoms with Crippen molar-refractivity contribution in [3.8, 4) is 0 Å². The molecule has 0 saturated heterocycles. The van der Waals surface area contributed by atoms with Crippen LogP contribution in [-0.2, 0) is 19.1 Å². The average Bonchev–Trinajstić information content (AvgIpc) is 2.53. The lowest BCUT2D eigenvalue weighted by atomic mass is 9.75. The van der Waals surface area contributed by atoms with E-state index in [1.165, 1.54) is 6.92 Å². The number of nitrogens with zero attached hydrogens (tertiary/aromatic N) is 1. The zero-order valence-corrected chi connectivity index (χ0v) is 13.2. The summed E-state index contributed by atoms with van der Waals surface area (Å²) in [5.41, 5.74) is 0.401. The van der Waals surface area contributed by atoms with E-state index < -0.39 is 23.8 Å². The van der Waals surface area contributed by atoms with E-state index in [4.69, 9.17) is 16.3 Å². The van der Waals surface area contributed by atoms with E-state index in [9.17, 15) is 19.5 Å². The lowest BCUT2D eigenvalue weighted by Crippen LogP contribution is -2.35. The molecule has 0 bridgehead atoms. The van der Waals surface area contributed by atoms with Crippen LogP contribution in [0.1, 0.15) is 18.4 Å². The number of benzene rings is 1. The summed E-state index contributed by atoms with van der Waals surface area (Å²) < 4.78 is 4.72. The van der Waals surface area contributed by atoms with E-state index in [2.05, 4.69) is 4.99 Å². The maximum atomic E-state index is 12.2. The number of esters is 1. The molecule has 1 aromatic carbocycles. The van der Waals surface area contributed by atoms with E-state index in [1.54, 1.807) is 24.3 Å². The number of aliphatic carboxylic acids is 1. The lowest BCUT2D eigenvalue weighted by Gasteiger charge is -2.30. The molecular formula is C16H14ClNO5. The van der Waals surface area contributed by atoms with Crippen molar-refractivity contribution >= 4 is 35.5 Å². The van der Waals surface area contributed by atoms with Crippen molar-refractivity contribution in [2.75, 3.05) is 7.11 Å². The Labute approximate surface area is 137 Å². The standard InChI is InChI=1S/C16H14ClNO5/c1-8-12(15(20)21)13(9-5-3-4-6-10(9)17)14(16(22)23-2)11(7-19)18-8/h3-7,12-13H,1-2H3,(H,20,21). The van der Waals surface area contributed by atoms with Gasteiger partial charge in [-0.1, -0.05) is 29.8 Å². The molecular weight excluding hydrogens is 322 g/mol. The second-order valence-corrected chi connectivity index (χ2v) is 5.38. The molecule has 0 saturated carbocycles. The van der Waals surface area contributed by atoms with E-state index in [0.29, 0.717) is 16.9 Å². The van der Waals surface area contributed by atoms with Gasteiger partial charge in [0.1, 0.15) is 11.6 Å². The maximum Gasteiger partial charge on any atom is 0.336 e. The highest BCUT2D eigenvalue weighted by Gasteiger charge is 2.42. The van der Waals surface area contributed by atoms with Crippen molar-refractivity contribution in [2.24, 2.45) is 10.9 Å². The highest BCUT2D eigenvalue weighted by atomic mass is 35.5. The largest absolute Gasteiger partial charge is 0.481 e. The van der Waals surface area contributed by atoms with E-state index in [-0.39, 0.29) is 17.0 Å². The number of rotatable bonds is 4. The van der Waals surface area contributed by atoms with Crippen LogP contribution in [-0.4, -0.2) is 36.2 Å². The summed E-state index contributed by atoms with van der Waals surface area (Å²) in [6, 6.07) is 6.57. The molecule has 120 valence electrons. The molecule has 0 radical (unpaired) electrons. The van der Waals surface area contributed by atoms with Crippen LogP contribution in [0.2, 0.25) is 5.02 Å². The van der Waals surface area contributed by atoms with Crippen LogP contribution in [0.25, 0.3) is 0 Å². The van der Waals surface area contributed by atoms with Crippen molar-refractivity contribution in [2.45, 2.75) is 12.8 Å². The van der Waals surface area contributed by atoms with E-state index in [0.717, 1.165) is 7.11 Å². The Kier molecular flexibility index (Phi) is 4.95. The predicted octanol–water partition coefficient (Wildman–Crippen LogP) is 2.22. The summed E-state index contributed by atoms with van der Waals surface area (Å²) in [6.45, 7) is 1.50. The van der Waals surface area contributed by atoms with Gasteiger partial charge in [0.05, 0.1) is 12.7 Å². The molecule has 1 aliphatic heterocycles. The molecule has 0 aromatic heterocycles. The summed E-state index contributed by atoms with van der Waals surface area (Å²) in [7, 11) is 1.16. The molecule has 1 N–H and O–H groups in total. The molecule has 6 nitrogen and oxygen atoms in total. The SMILES string of the molecule is COC(=O)C1=C(C=O)N=C(C)C(C(=O)O)C1c1ccccc1Cl. The van der Waals surface area contributed by atoms with Gasteiger partial charge in [-0.3, -0.25) is 14.6 Å². The average molecular weight is 336 g/mol. The van der Waals surface area contributed by atoms with Crippen LogP contribution in [0.4, 0.5) is 0 Å². The van der Waals surface area contributed by atoms with Crippen molar-refractivity contribution in [3.63, 3.8) is 0 Å². The van der Waals surface area contributed by atoms with Gasteiger partial charge < -0.3 is 9.84 Å². The van der Waals surface area contributed by atoms with Gasteiger partial charge in [-0.2, -0.15) is 0 Å². The third-order valence-corrected chi connectivity index (χ3v) is 4.03. The second kappa shape index (κ2) is 6.75. The molecule has 0 spiro atoms. The summed E-state index contributed by atoms with van der Waals surface area (Å²) in [6.07, 6.45) is 0.414. The van der Waals surface area contributed by atoms with Gasteiger partial charge >= 0.3 is 11.9 Å². The minimum absolute atomic E-state index is 0.103. The highest BCUT2D eigenvalue weighted by Crippen LogP contribution is 2.41. The van der Waals surface area contributed by atoms with Crippen LogP contribution >= 0.6 is 11.6 Å². The number of carbonyl (C=O) groups is 3. The summed E-state index contributed by atoms with van der Waals surface area (Å²) in [4.78, 5) is 39.2. The first-order chi connectivity index (χ1) is 10.9. The monoisotopic (exact) mass is 335 g/mol. The number of carboxylic acids is 1. The van der Waals surface area contributed by atoms with Gasteiger partial charge in [0.2, 0.25) is 0 Å². The number of allylic oxidation sites excluding steroid dienone is 1. The Morgan fingerprint density at radius 3 is 2.52 bits per heavy atom. The first kappa shape index (κ1) is 16.9. The second-order valence-electron chi connectivity index (χ2n) is 4.98. The van der Waals surface area contributed by atoms with Crippen LogP contribution < -0.4 is 0 Å². The molecule has 0 aliphatic carbocycles. The third kappa shape index (κ3) is 3.03. The highest BCUT2D eigenvalue weighted by molar-refractivity contribution is 6.31. The number of aldehydes is 1. The van der Waals surface area contributed by atoms with Gasteiger partial charge in [-0.25, -0.2) is 4.79 Å². The molecule has 2 rings (SSSR count). The Balaban J connectivity index is 2.78. The topological polar surface area (TPSA) is 93.0 Å². The molecule has 23 heavy (non-hydrogen) atoms. The lowest BCUT2D eigenvalue weighted by molar-refractivity contribution is -0.140. The predicted molar refractivity (Wildman–Crippen MR) is 83.5 cm³/mol. The number of halogens is 1. The first-order valence-electron chi connectivity index (χ1n) is 6.72. The van der Waals surface area contributed by atoms with Gasteiger partial charge in [0.25, 0.3) is 0 Å². The number of carboxylic acid groups (broad SMARTS) is 1. The first-order valence-corrected chi connectivity index (χ1v) is 7.10. The fraction of sp³-hybridized carbons (Fsp3) is 0.250. The fourth-order valence-electron chi connectivity index (χ4n) is 2.70. The molecule has 2 unspecified atom stereocenters. The maximum absolute atomic E-state index is 12.2. The number of carbonyl (C=O) groups excluding carboxylic acids is 2. The zero-order valence-electron chi connectivity index (χ0n) is 12.4. The number of ether oxygens (including phenoxy) is 1. The number of aliphatic imine (C=N–C) groups is 1. The Bertz CT molecular complexity index is 738.